The lowest BCUT2D eigenvalue weighted by atomic mass is 10.1. The number of fused-ring (bicyclic) bond motifs is 3. The first-order chi connectivity index (χ1) is 13.1. The van der Waals surface area contributed by atoms with Gasteiger partial charge in [0.05, 0.1) is 19.3 Å². The number of hydrogen-bond donors (Lipinski definition) is 2. The van der Waals surface area contributed by atoms with E-state index in [1.54, 1.807) is 7.11 Å². The van der Waals surface area contributed by atoms with Gasteiger partial charge in [0.1, 0.15) is 16.9 Å². The van der Waals surface area contributed by atoms with Crippen LogP contribution >= 0.6 is 0 Å². The second kappa shape index (κ2) is 7.03. The lowest BCUT2D eigenvalue weighted by Gasteiger charge is -2.11. The van der Waals surface area contributed by atoms with Crippen molar-refractivity contribution in [1.29, 1.82) is 0 Å². The van der Waals surface area contributed by atoms with Crippen LogP contribution in [0.2, 0.25) is 0 Å². The van der Waals surface area contributed by atoms with Crippen molar-refractivity contribution in [2.75, 3.05) is 24.3 Å². The zero-order valence-electron chi connectivity index (χ0n) is 15.2. The third kappa shape index (κ3) is 3.44. The number of benzene rings is 3. The first-order valence-electron chi connectivity index (χ1n) is 8.74. The van der Waals surface area contributed by atoms with Crippen LogP contribution in [0.25, 0.3) is 21.9 Å². The minimum absolute atomic E-state index is 0.121. The molecule has 0 aliphatic rings. The molecule has 3 aromatic carbocycles. The molecular weight excluding hydrogens is 340 g/mol. The maximum absolute atomic E-state index is 12.2. The number of anilines is 2. The van der Waals surface area contributed by atoms with Gasteiger partial charge in [0.15, 0.2) is 0 Å². The Morgan fingerprint density at radius 2 is 1.78 bits per heavy atom. The van der Waals surface area contributed by atoms with E-state index in [0.717, 1.165) is 33.2 Å². The summed E-state index contributed by atoms with van der Waals surface area (Å²) >= 11 is 0. The van der Waals surface area contributed by atoms with E-state index in [2.05, 4.69) is 10.6 Å². The second-order valence-electron chi connectivity index (χ2n) is 6.41. The molecule has 0 radical (unpaired) electrons. The number of furan rings is 1. The van der Waals surface area contributed by atoms with E-state index in [1.807, 2.05) is 67.6 Å². The lowest BCUT2D eigenvalue weighted by Crippen LogP contribution is -2.21. The molecule has 0 aliphatic heterocycles. The molecule has 0 unspecified atom stereocenters. The molecule has 4 aromatic rings. The average Bonchev–Trinajstić information content (AvgIpc) is 3.04. The SMILES string of the molecule is COc1cc2c(cc1NCC(=O)Nc1ccc(C)cc1)oc1ccccc12. The highest BCUT2D eigenvalue weighted by molar-refractivity contribution is 6.06. The molecule has 1 amide bonds. The maximum Gasteiger partial charge on any atom is 0.243 e. The largest absolute Gasteiger partial charge is 0.495 e. The molecule has 2 N–H and O–H groups in total. The second-order valence-corrected chi connectivity index (χ2v) is 6.41. The minimum atomic E-state index is -0.134. The Morgan fingerprint density at radius 3 is 2.56 bits per heavy atom. The van der Waals surface area contributed by atoms with Crippen LogP contribution in [0.15, 0.2) is 65.1 Å². The Bertz CT molecular complexity index is 1110. The lowest BCUT2D eigenvalue weighted by molar-refractivity contribution is -0.114. The normalized spacial score (nSPS) is 10.9. The number of methoxy groups -OCH3 is 1. The van der Waals surface area contributed by atoms with Crippen LogP contribution in [0.3, 0.4) is 0 Å². The van der Waals surface area contributed by atoms with E-state index in [0.29, 0.717) is 11.4 Å². The Balaban J connectivity index is 1.54. The summed E-state index contributed by atoms with van der Waals surface area (Å²) in [5.41, 5.74) is 4.20. The Labute approximate surface area is 156 Å². The summed E-state index contributed by atoms with van der Waals surface area (Å²) in [5.74, 6) is 0.530. The molecule has 27 heavy (non-hydrogen) atoms. The van der Waals surface area contributed by atoms with Crippen molar-refractivity contribution in [3.63, 3.8) is 0 Å². The topological polar surface area (TPSA) is 63.5 Å². The Hall–Kier alpha value is -3.47. The molecule has 5 nitrogen and oxygen atoms in total. The van der Waals surface area contributed by atoms with E-state index >= 15 is 0 Å². The van der Waals surface area contributed by atoms with Crippen molar-refractivity contribution in [2.24, 2.45) is 0 Å². The van der Waals surface area contributed by atoms with Crippen molar-refractivity contribution < 1.29 is 13.9 Å². The zero-order valence-corrected chi connectivity index (χ0v) is 15.2. The molecule has 0 bridgehead atoms. The summed E-state index contributed by atoms with van der Waals surface area (Å²) in [7, 11) is 1.61. The van der Waals surface area contributed by atoms with Crippen LogP contribution in [0.5, 0.6) is 5.75 Å². The summed E-state index contributed by atoms with van der Waals surface area (Å²) in [6.45, 7) is 2.13. The maximum atomic E-state index is 12.2. The van der Waals surface area contributed by atoms with Crippen LogP contribution in [0, 0.1) is 6.92 Å². The fourth-order valence-corrected chi connectivity index (χ4v) is 3.08. The summed E-state index contributed by atoms with van der Waals surface area (Å²) in [5, 5.41) is 8.02. The highest BCUT2D eigenvalue weighted by Gasteiger charge is 2.13. The van der Waals surface area contributed by atoms with Crippen LogP contribution in [-0.2, 0) is 4.79 Å². The standard InChI is InChI=1S/C22H20N2O3/c1-14-7-9-15(10-8-14)24-22(25)13-23-18-12-20-17(11-21(18)26-2)16-5-3-4-6-19(16)27-20/h3-12,23H,13H2,1-2H3,(H,24,25). The van der Waals surface area contributed by atoms with Gasteiger partial charge in [-0.25, -0.2) is 0 Å². The van der Waals surface area contributed by atoms with Gasteiger partial charge in [0, 0.05) is 22.5 Å². The molecule has 0 saturated heterocycles. The van der Waals surface area contributed by atoms with Crippen LogP contribution in [0.1, 0.15) is 5.56 Å². The van der Waals surface area contributed by atoms with Gasteiger partial charge in [-0.1, -0.05) is 35.9 Å². The van der Waals surface area contributed by atoms with Crippen molar-refractivity contribution in [3.05, 3.63) is 66.2 Å². The predicted molar refractivity (Wildman–Crippen MR) is 109 cm³/mol. The van der Waals surface area contributed by atoms with Gasteiger partial charge in [0.25, 0.3) is 0 Å². The molecule has 0 fully saturated rings. The van der Waals surface area contributed by atoms with Crippen molar-refractivity contribution in [3.8, 4) is 5.75 Å². The van der Waals surface area contributed by atoms with E-state index in [9.17, 15) is 4.79 Å². The number of carbonyl (C=O) groups is 1. The third-order valence-corrected chi connectivity index (χ3v) is 4.47. The number of hydrogen-bond acceptors (Lipinski definition) is 4. The predicted octanol–water partition coefficient (Wildman–Crippen LogP) is 4.95. The molecule has 0 spiro atoms. The number of amides is 1. The smallest absolute Gasteiger partial charge is 0.243 e. The molecule has 1 heterocycles. The highest BCUT2D eigenvalue weighted by atomic mass is 16.5. The fourth-order valence-electron chi connectivity index (χ4n) is 3.08. The number of nitrogens with one attached hydrogen (secondary N) is 2. The van der Waals surface area contributed by atoms with Crippen molar-refractivity contribution in [1.82, 2.24) is 0 Å². The van der Waals surface area contributed by atoms with Crippen LogP contribution in [0.4, 0.5) is 11.4 Å². The van der Waals surface area contributed by atoms with Crippen LogP contribution in [-0.4, -0.2) is 19.6 Å². The molecule has 0 atom stereocenters. The number of para-hydroxylation sites is 1. The highest BCUT2D eigenvalue weighted by Crippen LogP contribution is 2.36. The van der Waals surface area contributed by atoms with Gasteiger partial charge in [-0.2, -0.15) is 0 Å². The average molecular weight is 360 g/mol. The quantitative estimate of drug-likeness (QED) is 0.528. The molecule has 1 aromatic heterocycles. The van der Waals surface area contributed by atoms with Crippen molar-refractivity contribution >= 4 is 39.2 Å². The Kier molecular flexibility index (Phi) is 4.42. The van der Waals surface area contributed by atoms with E-state index in [1.165, 1.54) is 0 Å². The molecular formula is C22H20N2O3. The first-order valence-corrected chi connectivity index (χ1v) is 8.74. The van der Waals surface area contributed by atoms with Gasteiger partial charge in [0.2, 0.25) is 5.91 Å². The summed E-state index contributed by atoms with van der Waals surface area (Å²) in [6, 6.07) is 19.4. The molecule has 0 saturated carbocycles. The summed E-state index contributed by atoms with van der Waals surface area (Å²) in [4.78, 5) is 12.2. The van der Waals surface area contributed by atoms with Gasteiger partial charge in [-0.15, -0.1) is 0 Å². The van der Waals surface area contributed by atoms with E-state index in [-0.39, 0.29) is 12.5 Å². The minimum Gasteiger partial charge on any atom is -0.495 e. The summed E-state index contributed by atoms with van der Waals surface area (Å²) < 4.78 is 11.4. The zero-order chi connectivity index (χ0) is 18.8. The van der Waals surface area contributed by atoms with Crippen molar-refractivity contribution in [2.45, 2.75) is 6.92 Å². The molecule has 0 aliphatic carbocycles. The number of rotatable bonds is 5. The van der Waals surface area contributed by atoms with Gasteiger partial charge >= 0.3 is 0 Å². The van der Waals surface area contributed by atoms with Gasteiger partial charge in [-0.3, -0.25) is 4.79 Å². The van der Waals surface area contributed by atoms with E-state index < -0.39 is 0 Å². The fraction of sp³-hybridized carbons (Fsp3) is 0.136. The summed E-state index contributed by atoms with van der Waals surface area (Å²) in [6.07, 6.45) is 0. The number of carbonyl (C=O) groups excluding carboxylic acids is 1. The van der Waals surface area contributed by atoms with Crippen LogP contribution < -0.4 is 15.4 Å². The molecule has 4 rings (SSSR count). The van der Waals surface area contributed by atoms with Gasteiger partial charge in [-0.05, 0) is 31.2 Å². The monoisotopic (exact) mass is 360 g/mol. The van der Waals surface area contributed by atoms with Gasteiger partial charge < -0.3 is 19.8 Å². The number of aryl methyl sites for hydroxylation is 1. The first kappa shape index (κ1) is 17.0. The number of ether oxygens (including phenoxy) is 1. The molecule has 136 valence electrons. The third-order valence-electron chi connectivity index (χ3n) is 4.47. The van der Waals surface area contributed by atoms with E-state index in [4.69, 9.17) is 9.15 Å². The molecule has 5 heteroatoms. The Morgan fingerprint density at radius 1 is 1.00 bits per heavy atom.